The highest BCUT2D eigenvalue weighted by atomic mass is 16.6. The van der Waals surface area contributed by atoms with E-state index < -0.39 is 6.09 Å². The largest absolute Gasteiger partial charge is 0.489 e. The third kappa shape index (κ3) is 5.76. The molecule has 5 heteroatoms. The van der Waals surface area contributed by atoms with Crippen molar-refractivity contribution in [2.24, 2.45) is 0 Å². The van der Waals surface area contributed by atoms with E-state index in [-0.39, 0.29) is 25.0 Å². The fourth-order valence-corrected chi connectivity index (χ4v) is 3.82. The molecule has 3 aromatic rings. The highest BCUT2D eigenvalue weighted by Gasteiger charge is 2.37. The van der Waals surface area contributed by atoms with Crippen molar-refractivity contribution in [3.05, 3.63) is 102 Å². The van der Waals surface area contributed by atoms with Crippen molar-refractivity contribution >= 4 is 12.0 Å². The number of cyclic esters (lactones) is 1. The third-order valence-corrected chi connectivity index (χ3v) is 5.64. The molecule has 1 heterocycles. The molecule has 0 bridgehead atoms. The van der Waals surface area contributed by atoms with Crippen LogP contribution < -0.4 is 4.74 Å². The molecule has 0 aromatic heterocycles. The van der Waals surface area contributed by atoms with Gasteiger partial charge in [0.15, 0.2) is 0 Å². The molecule has 3 aromatic carbocycles. The van der Waals surface area contributed by atoms with Crippen molar-refractivity contribution in [3.8, 4) is 5.75 Å². The van der Waals surface area contributed by atoms with Crippen LogP contribution in [0.2, 0.25) is 0 Å². The Kier molecular flexibility index (Phi) is 7.18. The van der Waals surface area contributed by atoms with E-state index in [0.29, 0.717) is 19.4 Å². The van der Waals surface area contributed by atoms with Gasteiger partial charge in [0.25, 0.3) is 0 Å². The van der Waals surface area contributed by atoms with Crippen LogP contribution in [0.15, 0.2) is 84.9 Å². The van der Waals surface area contributed by atoms with Gasteiger partial charge in [0.1, 0.15) is 19.0 Å². The Labute approximate surface area is 188 Å². The summed E-state index contributed by atoms with van der Waals surface area (Å²) in [4.78, 5) is 26.2. The number of aryl methyl sites for hydroxylation is 2. The van der Waals surface area contributed by atoms with Crippen LogP contribution in [0.5, 0.6) is 5.75 Å². The fourth-order valence-electron chi connectivity index (χ4n) is 3.82. The van der Waals surface area contributed by atoms with Crippen LogP contribution in [0, 0.1) is 0 Å². The second-order valence-electron chi connectivity index (χ2n) is 7.94. The normalized spacial score (nSPS) is 15.4. The van der Waals surface area contributed by atoms with Crippen molar-refractivity contribution in [2.45, 2.75) is 38.3 Å². The zero-order valence-corrected chi connectivity index (χ0v) is 18.0. The molecule has 164 valence electrons. The Hall–Kier alpha value is -3.60. The predicted molar refractivity (Wildman–Crippen MR) is 122 cm³/mol. The minimum Gasteiger partial charge on any atom is -0.489 e. The van der Waals surface area contributed by atoms with Crippen molar-refractivity contribution in [2.75, 3.05) is 6.61 Å². The van der Waals surface area contributed by atoms with Gasteiger partial charge in [-0.25, -0.2) is 9.69 Å². The molecular formula is C27H27NO4. The van der Waals surface area contributed by atoms with Crippen LogP contribution in [0.4, 0.5) is 4.79 Å². The quantitative estimate of drug-likeness (QED) is 0.470. The summed E-state index contributed by atoms with van der Waals surface area (Å²) in [6.45, 7) is 0.783. The summed E-state index contributed by atoms with van der Waals surface area (Å²) in [6.07, 6.45) is 1.80. The maximum atomic E-state index is 12.8. The van der Waals surface area contributed by atoms with Crippen molar-refractivity contribution < 1.29 is 19.1 Å². The molecular weight excluding hydrogens is 402 g/mol. The van der Waals surface area contributed by atoms with Crippen LogP contribution in [-0.4, -0.2) is 29.5 Å². The molecule has 1 atom stereocenters. The first-order valence-electron chi connectivity index (χ1n) is 11.0. The van der Waals surface area contributed by atoms with Crippen molar-refractivity contribution in [1.29, 1.82) is 0 Å². The number of benzene rings is 3. The first-order chi connectivity index (χ1) is 15.7. The van der Waals surface area contributed by atoms with E-state index in [9.17, 15) is 9.59 Å². The fraction of sp³-hybridized carbons (Fsp3) is 0.259. The van der Waals surface area contributed by atoms with Gasteiger partial charge in [0, 0.05) is 6.42 Å². The summed E-state index contributed by atoms with van der Waals surface area (Å²) in [5.41, 5.74) is 3.33. The first-order valence-corrected chi connectivity index (χ1v) is 11.0. The molecule has 0 N–H and O–H groups in total. The summed E-state index contributed by atoms with van der Waals surface area (Å²) < 4.78 is 11.0. The third-order valence-electron chi connectivity index (χ3n) is 5.64. The Balaban J connectivity index is 1.26. The number of ether oxygens (including phenoxy) is 2. The number of rotatable bonds is 9. The number of hydrogen-bond donors (Lipinski definition) is 0. The van der Waals surface area contributed by atoms with Gasteiger partial charge in [-0.3, -0.25) is 4.79 Å². The molecule has 1 saturated heterocycles. The second-order valence-corrected chi connectivity index (χ2v) is 7.94. The summed E-state index contributed by atoms with van der Waals surface area (Å²) in [7, 11) is 0. The minimum atomic E-state index is -0.530. The topological polar surface area (TPSA) is 55.8 Å². The average molecular weight is 430 g/mol. The van der Waals surface area contributed by atoms with Gasteiger partial charge < -0.3 is 9.47 Å². The smallest absolute Gasteiger partial charge is 0.416 e. The molecule has 1 fully saturated rings. The van der Waals surface area contributed by atoms with Crippen LogP contribution in [0.25, 0.3) is 0 Å². The van der Waals surface area contributed by atoms with Gasteiger partial charge in [0.2, 0.25) is 5.91 Å². The van der Waals surface area contributed by atoms with Crippen LogP contribution in [0.1, 0.15) is 29.5 Å². The minimum absolute atomic E-state index is 0.185. The summed E-state index contributed by atoms with van der Waals surface area (Å²) in [5.74, 6) is 0.600. The first kappa shape index (κ1) is 21.6. The Bertz CT molecular complexity index is 1020. The molecule has 2 amide bonds. The molecule has 1 aliphatic heterocycles. The van der Waals surface area contributed by atoms with E-state index >= 15 is 0 Å². The van der Waals surface area contributed by atoms with Gasteiger partial charge in [-0.2, -0.15) is 0 Å². The molecule has 0 spiro atoms. The maximum absolute atomic E-state index is 12.8. The lowest BCUT2D eigenvalue weighted by Gasteiger charge is -2.19. The zero-order valence-electron chi connectivity index (χ0n) is 18.0. The van der Waals surface area contributed by atoms with Gasteiger partial charge >= 0.3 is 6.09 Å². The van der Waals surface area contributed by atoms with E-state index in [1.54, 1.807) is 0 Å². The molecule has 0 radical (unpaired) electrons. The Morgan fingerprint density at radius 2 is 1.47 bits per heavy atom. The molecule has 1 aliphatic rings. The lowest BCUT2D eigenvalue weighted by Crippen LogP contribution is -2.39. The lowest BCUT2D eigenvalue weighted by atomic mass is 10.0. The molecule has 5 nitrogen and oxygen atoms in total. The maximum Gasteiger partial charge on any atom is 0.416 e. The lowest BCUT2D eigenvalue weighted by molar-refractivity contribution is -0.129. The van der Waals surface area contributed by atoms with Crippen LogP contribution in [-0.2, 0) is 29.0 Å². The van der Waals surface area contributed by atoms with Crippen molar-refractivity contribution in [1.82, 2.24) is 4.90 Å². The number of hydrogen-bond acceptors (Lipinski definition) is 4. The molecule has 0 unspecified atom stereocenters. The molecule has 32 heavy (non-hydrogen) atoms. The molecule has 0 aliphatic carbocycles. The second kappa shape index (κ2) is 10.6. The number of carbonyl (C=O) groups is 2. The van der Waals surface area contributed by atoms with E-state index in [0.717, 1.165) is 23.3 Å². The SMILES string of the molecule is O=C(CCc1ccc(OCc2ccccc2)cc1)N1C(=O)OC[C@@H]1CCc1ccccc1. The predicted octanol–water partition coefficient (Wildman–Crippen LogP) is 5.18. The van der Waals surface area contributed by atoms with Gasteiger partial charge in [0.05, 0.1) is 6.04 Å². The number of amides is 2. The van der Waals surface area contributed by atoms with E-state index in [1.807, 2.05) is 72.8 Å². The molecule has 0 saturated carbocycles. The summed E-state index contributed by atoms with van der Waals surface area (Å²) >= 11 is 0. The van der Waals surface area contributed by atoms with Gasteiger partial charge in [-0.1, -0.05) is 72.8 Å². The van der Waals surface area contributed by atoms with E-state index in [2.05, 4.69) is 12.1 Å². The number of imide groups is 1. The van der Waals surface area contributed by atoms with Gasteiger partial charge in [-0.05, 0) is 48.1 Å². The van der Waals surface area contributed by atoms with E-state index in [4.69, 9.17) is 9.47 Å². The zero-order chi connectivity index (χ0) is 22.2. The number of nitrogens with zero attached hydrogens (tertiary/aromatic N) is 1. The highest BCUT2D eigenvalue weighted by molar-refractivity contribution is 5.93. The molecule has 4 rings (SSSR count). The van der Waals surface area contributed by atoms with Crippen molar-refractivity contribution in [3.63, 3.8) is 0 Å². The summed E-state index contributed by atoms with van der Waals surface area (Å²) in [6, 6.07) is 27.6. The summed E-state index contributed by atoms with van der Waals surface area (Å²) in [5, 5.41) is 0. The average Bonchev–Trinajstić information content (AvgIpc) is 3.22. The van der Waals surface area contributed by atoms with Crippen LogP contribution >= 0.6 is 0 Å². The Morgan fingerprint density at radius 1 is 0.844 bits per heavy atom. The van der Waals surface area contributed by atoms with E-state index in [1.165, 1.54) is 10.5 Å². The van der Waals surface area contributed by atoms with Crippen LogP contribution in [0.3, 0.4) is 0 Å². The number of carbonyl (C=O) groups excluding carboxylic acids is 2. The monoisotopic (exact) mass is 429 g/mol. The highest BCUT2D eigenvalue weighted by Crippen LogP contribution is 2.21. The Morgan fingerprint density at radius 3 is 2.16 bits per heavy atom. The standard InChI is InChI=1S/C27H27NO4/c29-26(28-24(20-32-27(28)30)15-11-21-7-3-1-4-8-21)18-14-22-12-16-25(17-13-22)31-19-23-9-5-2-6-10-23/h1-10,12-13,16-17,24H,11,14-15,18-20H2/t24-/m0/s1. The van der Waals surface area contributed by atoms with Gasteiger partial charge in [-0.15, -0.1) is 0 Å².